The van der Waals surface area contributed by atoms with E-state index in [1.807, 2.05) is 30.3 Å². The Kier molecular flexibility index (Phi) is 5.99. The molecule has 0 amide bonds. The molecule has 1 aliphatic carbocycles. The van der Waals surface area contributed by atoms with E-state index in [1.54, 1.807) is 6.26 Å². The number of fused-ring (bicyclic) bond motifs is 1. The maximum atomic E-state index is 6.72. The normalized spacial score (nSPS) is 17.5. The minimum absolute atomic E-state index is 0.239. The second-order valence-corrected chi connectivity index (χ2v) is 9.76. The van der Waals surface area contributed by atoms with Gasteiger partial charge in [-0.1, -0.05) is 29.3 Å². The summed E-state index contributed by atoms with van der Waals surface area (Å²) in [5.74, 6) is 3.48. The minimum atomic E-state index is 0.239. The van der Waals surface area contributed by atoms with Gasteiger partial charge in [0.1, 0.15) is 29.0 Å². The second-order valence-electron chi connectivity index (χ2n) is 9.38. The van der Waals surface area contributed by atoms with E-state index in [2.05, 4.69) is 51.2 Å². The van der Waals surface area contributed by atoms with Gasteiger partial charge < -0.3 is 24.3 Å². The number of nitrogens with zero attached hydrogens (tertiary/aromatic N) is 5. The minimum Gasteiger partial charge on any atom is -0.465 e. The first-order valence-electron chi connectivity index (χ1n) is 12.1. The Morgan fingerprint density at radius 1 is 1.08 bits per heavy atom. The third-order valence-electron chi connectivity index (χ3n) is 6.64. The van der Waals surface area contributed by atoms with Gasteiger partial charge in [0.25, 0.3) is 0 Å². The number of allylic oxidation sites excluding steroid dienone is 1. The molecule has 184 valence electrons. The molecule has 6 rings (SSSR count). The summed E-state index contributed by atoms with van der Waals surface area (Å²) in [5.41, 5.74) is 4.51. The molecule has 2 aromatic heterocycles. The fourth-order valence-corrected chi connectivity index (χ4v) is 4.94. The van der Waals surface area contributed by atoms with Crippen LogP contribution in [-0.2, 0) is 6.42 Å². The van der Waals surface area contributed by atoms with Crippen LogP contribution in [0.25, 0.3) is 11.6 Å². The summed E-state index contributed by atoms with van der Waals surface area (Å²) in [6.45, 7) is 6.34. The van der Waals surface area contributed by atoms with Crippen LogP contribution >= 0.6 is 11.6 Å². The lowest BCUT2D eigenvalue weighted by Gasteiger charge is -2.33. The van der Waals surface area contributed by atoms with Crippen molar-refractivity contribution in [2.45, 2.75) is 13.3 Å². The van der Waals surface area contributed by atoms with Crippen molar-refractivity contribution in [1.29, 1.82) is 0 Å². The van der Waals surface area contributed by atoms with Crippen molar-refractivity contribution in [2.75, 3.05) is 50.0 Å². The summed E-state index contributed by atoms with van der Waals surface area (Å²) in [4.78, 5) is 18.6. The molecule has 0 radical (unpaired) electrons. The van der Waals surface area contributed by atoms with E-state index >= 15 is 0 Å². The number of piperazine rings is 1. The molecule has 0 unspecified atom stereocenters. The highest BCUT2D eigenvalue weighted by Crippen LogP contribution is 2.38. The second kappa shape index (κ2) is 9.44. The van der Waals surface area contributed by atoms with Crippen LogP contribution in [0.3, 0.4) is 0 Å². The maximum Gasteiger partial charge on any atom is 0.325 e. The molecule has 9 heteroatoms. The molecule has 1 N–H and O–H groups in total. The molecule has 3 aliphatic rings. The smallest absolute Gasteiger partial charge is 0.325 e. The van der Waals surface area contributed by atoms with Crippen LogP contribution in [0.2, 0.25) is 5.02 Å². The number of nitrogens with one attached hydrogen (secondary N) is 1. The Morgan fingerprint density at radius 2 is 1.94 bits per heavy atom. The van der Waals surface area contributed by atoms with E-state index in [0.29, 0.717) is 29.0 Å². The van der Waals surface area contributed by atoms with Gasteiger partial charge in [0, 0.05) is 43.4 Å². The molecular weight excluding hydrogens is 476 g/mol. The SMILES string of the molecule is CC1=Cc2c(ccc(Oc3nc(NC4=NCC(c5ccco5)=C4)cc(N4CCN(C)CC4)n3)c2Cl)C1. The van der Waals surface area contributed by atoms with Crippen molar-refractivity contribution in [1.82, 2.24) is 14.9 Å². The fraction of sp³-hybridized carbons (Fsp3) is 0.296. The quantitative estimate of drug-likeness (QED) is 0.517. The number of rotatable bonds is 5. The third-order valence-corrected chi connectivity index (χ3v) is 7.03. The number of hydrogen-bond acceptors (Lipinski definition) is 8. The predicted octanol–water partition coefficient (Wildman–Crippen LogP) is 5.13. The zero-order valence-corrected chi connectivity index (χ0v) is 21.0. The first kappa shape index (κ1) is 22.8. The van der Waals surface area contributed by atoms with Gasteiger partial charge in [-0.3, -0.25) is 4.99 Å². The van der Waals surface area contributed by atoms with Crippen molar-refractivity contribution in [3.63, 3.8) is 0 Å². The molecular formula is C27H27ClN6O2. The Morgan fingerprint density at radius 3 is 2.75 bits per heavy atom. The van der Waals surface area contributed by atoms with Crippen molar-refractivity contribution in [3.05, 3.63) is 70.2 Å². The predicted molar refractivity (Wildman–Crippen MR) is 143 cm³/mol. The topological polar surface area (TPSA) is 79.0 Å². The van der Waals surface area contributed by atoms with Crippen molar-refractivity contribution >= 4 is 40.7 Å². The highest BCUT2D eigenvalue weighted by Gasteiger charge is 2.21. The number of aliphatic imine (C=N–C) groups is 1. The lowest BCUT2D eigenvalue weighted by molar-refractivity contribution is 0.311. The number of ether oxygens (including phenoxy) is 1. The summed E-state index contributed by atoms with van der Waals surface area (Å²) >= 11 is 6.72. The molecule has 1 aromatic carbocycles. The van der Waals surface area contributed by atoms with Gasteiger partial charge in [0.2, 0.25) is 0 Å². The highest BCUT2D eigenvalue weighted by molar-refractivity contribution is 6.33. The van der Waals surface area contributed by atoms with Gasteiger partial charge in [-0.15, -0.1) is 0 Å². The van der Waals surface area contributed by atoms with Gasteiger partial charge in [0.15, 0.2) is 0 Å². The molecule has 4 heterocycles. The van der Waals surface area contributed by atoms with Crippen molar-refractivity contribution < 1.29 is 9.15 Å². The zero-order valence-electron chi connectivity index (χ0n) is 20.3. The van der Waals surface area contributed by atoms with E-state index in [4.69, 9.17) is 25.7 Å². The molecule has 0 spiro atoms. The molecule has 1 saturated heterocycles. The number of aromatic nitrogens is 2. The molecule has 1 fully saturated rings. The molecule has 0 atom stereocenters. The van der Waals surface area contributed by atoms with Crippen molar-refractivity contribution in [3.8, 4) is 11.8 Å². The summed E-state index contributed by atoms with van der Waals surface area (Å²) in [6.07, 6.45) is 6.66. The van der Waals surface area contributed by atoms with Crippen LogP contribution in [-0.4, -0.2) is 60.5 Å². The first-order chi connectivity index (χ1) is 17.5. The number of anilines is 2. The van der Waals surface area contributed by atoms with Crippen LogP contribution in [0.4, 0.5) is 11.6 Å². The summed E-state index contributed by atoms with van der Waals surface area (Å²) in [7, 11) is 2.13. The summed E-state index contributed by atoms with van der Waals surface area (Å²) in [6, 6.07) is 9.94. The summed E-state index contributed by atoms with van der Waals surface area (Å²) in [5, 5.41) is 3.91. The van der Waals surface area contributed by atoms with Gasteiger partial charge in [-0.2, -0.15) is 9.97 Å². The zero-order chi connectivity index (χ0) is 24.6. The number of likely N-dealkylation sites (N-methyl/N-ethyl adjacent to an activating group) is 1. The lowest BCUT2D eigenvalue weighted by atomic mass is 10.1. The average molecular weight is 503 g/mol. The van der Waals surface area contributed by atoms with E-state index in [1.165, 1.54) is 11.1 Å². The Bertz CT molecular complexity index is 1390. The van der Waals surface area contributed by atoms with Crippen LogP contribution in [0, 0.1) is 0 Å². The first-order valence-corrected chi connectivity index (χ1v) is 12.4. The van der Waals surface area contributed by atoms with E-state index in [9.17, 15) is 0 Å². The summed E-state index contributed by atoms with van der Waals surface area (Å²) < 4.78 is 11.7. The molecule has 0 bridgehead atoms. The van der Waals surface area contributed by atoms with Gasteiger partial charge in [0.05, 0.1) is 17.8 Å². The number of hydrogen-bond donors (Lipinski definition) is 1. The number of furan rings is 1. The molecule has 3 aromatic rings. The van der Waals surface area contributed by atoms with Crippen LogP contribution in [0.15, 0.2) is 57.7 Å². The van der Waals surface area contributed by atoms with Crippen molar-refractivity contribution in [2.24, 2.45) is 4.99 Å². The Balaban J connectivity index is 1.30. The van der Waals surface area contributed by atoms with Gasteiger partial charge in [-0.05, 0) is 50.2 Å². The lowest BCUT2D eigenvalue weighted by Crippen LogP contribution is -2.44. The Hall–Kier alpha value is -3.62. The van der Waals surface area contributed by atoms with Crippen LogP contribution < -0.4 is 15.0 Å². The molecule has 2 aliphatic heterocycles. The van der Waals surface area contributed by atoms with E-state index in [-0.39, 0.29) is 6.01 Å². The molecule has 36 heavy (non-hydrogen) atoms. The van der Waals surface area contributed by atoms with Gasteiger partial charge in [-0.25, -0.2) is 0 Å². The number of amidine groups is 1. The number of benzene rings is 1. The highest BCUT2D eigenvalue weighted by atomic mass is 35.5. The van der Waals surface area contributed by atoms with E-state index in [0.717, 1.165) is 55.3 Å². The third kappa shape index (κ3) is 4.62. The fourth-order valence-electron chi connectivity index (χ4n) is 4.66. The molecule has 8 nitrogen and oxygen atoms in total. The monoisotopic (exact) mass is 502 g/mol. The standard InChI is InChI=1S/C27H27ClN6O2/c1-17-12-18-5-6-22(26(28)20(18)13-17)36-27-31-24(15-25(32-27)34-9-7-33(2)8-10-34)30-23-14-19(16-29-23)21-4-3-11-35-21/h3-6,11,13-15H,7-10,12,16H2,1-2H3,(H,29,30,31,32). The largest absolute Gasteiger partial charge is 0.465 e. The number of halogens is 1. The Labute approximate surface area is 215 Å². The van der Waals surface area contributed by atoms with Gasteiger partial charge >= 0.3 is 6.01 Å². The van der Waals surface area contributed by atoms with E-state index < -0.39 is 0 Å². The van der Waals surface area contributed by atoms with Crippen LogP contribution in [0.5, 0.6) is 11.8 Å². The molecule has 0 saturated carbocycles. The average Bonchev–Trinajstić information content (AvgIpc) is 3.62. The maximum absolute atomic E-state index is 6.72. The van der Waals surface area contributed by atoms with Crippen LogP contribution in [0.1, 0.15) is 23.8 Å².